The second-order valence-corrected chi connectivity index (χ2v) is 7.56. The van der Waals surface area contributed by atoms with Gasteiger partial charge in [0.1, 0.15) is 11.4 Å². The molecule has 0 fully saturated rings. The SMILES string of the molecule is CCOc1ccccc1NC1=C(c2ccccc2)C(=O)N(Cc2ccc(OC)c(OC)c2)C1=O. The average Bonchev–Trinajstić information content (AvgIpc) is 3.09. The Morgan fingerprint density at radius 2 is 1.50 bits per heavy atom. The molecule has 1 N–H and O–H groups in total. The zero-order valence-corrected chi connectivity index (χ0v) is 19.3. The van der Waals surface area contributed by atoms with Crippen LogP contribution < -0.4 is 19.5 Å². The summed E-state index contributed by atoms with van der Waals surface area (Å²) in [5, 5.41) is 3.18. The lowest BCUT2D eigenvalue weighted by Crippen LogP contribution is -2.32. The quantitative estimate of drug-likeness (QED) is 0.476. The van der Waals surface area contributed by atoms with Crippen molar-refractivity contribution in [1.82, 2.24) is 4.90 Å². The number of para-hydroxylation sites is 2. The van der Waals surface area contributed by atoms with Crippen molar-refractivity contribution in [2.45, 2.75) is 13.5 Å². The molecule has 0 spiro atoms. The molecular formula is C27H26N2O5. The van der Waals surface area contributed by atoms with Crippen LogP contribution in [0.3, 0.4) is 0 Å². The fourth-order valence-corrected chi connectivity index (χ4v) is 3.86. The lowest BCUT2D eigenvalue weighted by atomic mass is 10.0. The van der Waals surface area contributed by atoms with Crippen LogP contribution in [0.1, 0.15) is 18.1 Å². The highest BCUT2D eigenvalue weighted by molar-refractivity contribution is 6.36. The second-order valence-electron chi connectivity index (χ2n) is 7.56. The molecule has 1 heterocycles. The molecule has 0 bridgehead atoms. The molecule has 0 aromatic heterocycles. The van der Waals surface area contributed by atoms with Crippen molar-refractivity contribution < 1.29 is 23.8 Å². The second kappa shape index (κ2) is 10.1. The summed E-state index contributed by atoms with van der Waals surface area (Å²) in [7, 11) is 3.10. The zero-order chi connectivity index (χ0) is 24.1. The van der Waals surface area contributed by atoms with Gasteiger partial charge in [-0.25, -0.2) is 0 Å². The van der Waals surface area contributed by atoms with Crippen LogP contribution >= 0.6 is 0 Å². The van der Waals surface area contributed by atoms with Crippen molar-refractivity contribution in [3.05, 3.63) is 89.6 Å². The van der Waals surface area contributed by atoms with E-state index in [9.17, 15) is 9.59 Å². The summed E-state index contributed by atoms with van der Waals surface area (Å²) in [6.07, 6.45) is 0. The van der Waals surface area contributed by atoms with Gasteiger partial charge in [-0.2, -0.15) is 0 Å². The first kappa shape index (κ1) is 22.9. The molecule has 3 aromatic carbocycles. The summed E-state index contributed by atoms with van der Waals surface area (Å²) in [5.74, 6) is 0.915. The van der Waals surface area contributed by atoms with Crippen molar-refractivity contribution in [1.29, 1.82) is 0 Å². The third-order valence-electron chi connectivity index (χ3n) is 5.47. The van der Waals surface area contributed by atoms with Crippen molar-refractivity contribution >= 4 is 23.1 Å². The van der Waals surface area contributed by atoms with Crippen LogP contribution in [0, 0.1) is 0 Å². The average molecular weight is 459 g/mol. The van der Waals surface area contributed by atoms with E-state index in [1.165, 1.54) is 4.90 Å². The molecule has 7 heteroatoms. The first-order valence-corrected chi connectivity index (χ1v) is 10.9. The first-order valence-electron chi connectivity index (χ1n) is 10.9. The van der Waals surface area contributed by atoms with Crippen molar-refractivity contribution in [3.8, 4) is 17.2 Å². The molecule has 0 saturated carbocycles. The van der Waals surface area contributed by atoms with Crippen LogP contribution in [0.25, 0.3) is 5.57 Å². The molecule has 0 saturated heterocycles. The van der Waals surface area contributed by atoms with Gasteiger partial charge >= 0.3 is 0 Å². The van der Waals surface area contributed by atoms with Crippen molar-refractivity contribution in [2.75, 3.05) is 26.1 Å². The van der Waals surface area contributed by atoms with Crippen LogP contribution in [0.15, 0.2) is 78.5 Å². The summed E-state index contributed by atoms with van der Waals surface area (Å²) in [5.41, 5.74) is 2.54. The number of hydrogen-bond acceptors (Lipinski definition) is 6. The van der Waals surface area contributed by atoms with E-state index in [2.05, 4.69) is 5.32 Å². The number of hydrogen-bond donors (Lipinski definition) is 1. The van der Waals surface area contributed by atoms with E-state index in [0.29, 0.717) is 40.7 Å². The summed E-state index contributed by atoms with van der Waals surface area (Å²) in [6.45, 7) is 2.45. The number of carbonyl (C=O) groups is 2. The number of carbonyl (C=O) groups excluding carboxylic acids is 2. The summed E-state index contributed by atoms with van der Waals surface area (Å²) >= 11 is 0. The number of nitrogens with one attached hydrogen (secondary N) is 1. The topological polar surface area (TPSA) is 77.1 Å². The normalized spacial score (nSPS) is 13.3. The number of methoxy groups -OCH3 is 2. The Labute approximate surface area is 198 Å². The van der Waals surface area contributed by atoms with Gasteiger partial charge in [0.25, 0.3) is 11.8 Å². The fourth-order valence-electron chi connectivity index (χ4n) is 3.86. The van der Waals surface area contributed by atoms with Gasteiger partial charge in [0.2, 0.25) is 0 Å². The molecule has 34 heavy (non-hydrogen) atoms. The first-order chi connectivity index (χ1) is 16.6. The summed E-state index contributed by atoms with van der Waals surface area (Å²) in [6, 6.07) is 21.8. The molecule has 2 amide bonds. The Balaban J connectivity index is 1.72. The Kier molecular flexibility index (Phi) is 6.82. The highest BCUT2D eigenvalue weighted by Crippen LogP contribution is 2.35. The smallest absolute Gasteiger partial charge is 0.278 e. The summed E-state index contributed by atoms with van der Waals surface area (Å²) in [4.78, 5) is 28.3. The number of anilines is 1. The maximum absolute atomic E-state index is 13.5. The van der Waals surface area contributed by atoms with Crippen LogP contribution in [-0.4, -0.2) is 37.5 Å². The number of ether oxygens (including phenoxy) is 3. The largest absolute Gasteiger partial charge is 0.493 e. The monoisotopic (exact) mass is 458 g/mol. The lowest BCUT2D eigenvalue weighted by molar-refractivity contribution is -0.137. The number of benzene rings is 3. The fraction of sp³-hybridized carbons (Fsp3) is 0.185. The van der Waals surface area contributed by atoms with Crippen molar-refractivity contribution in [3.63, 3.8) is 0 Å². The van der Waals surface area contributed by atoms with E-state index in [1.807, 2.05) is 61.5 Å². The molecule has 4 rings (SSSR count). The third kappa shape index (κ3) is 4.45. The molecular weight excluding hydrogens is 432 g/mol. The molecule has 1 aliphatic rings. The highest BCUT2D eigenvalue weighted by Gasteiger charge is 2.39. The Hall–Kier alpha value is -4.26. The van der Waals surface area contributed by atoms with Crippen molar-refractivity contribution in [2.24, 2.45) is 0 Å². The van der Waals surface area contributed by atoms with Gasteiger partial charge in [0.15, 0.2) is 11.5 Å². The Bertz CT molecular complexity index is 1240. The van der Waals surface area contributed by atoms with E-state index in [1.54, 1.807) is 32.4 Å². The third-order valence-corrected chi connectivity index (χ3v) is 5.47. The minimum atomic E-state index is -0.412. The van der Waals surface area contributed by atoms with Gasteiger partial charge in [-0.05, 0) is 42.3 Å². The van der Waals surface area contributed by atoms with E-state index >= 15 is 0 Å². The van der Waals surface area contributed by atoms with Gasteiger partial charge < -0.3 is 19.5 Å². The minimum absolute atomic E-state index is 0.0899. The molecule has 0 atom stereocenters. The summed E-state index contributed by atoms with van der Waals surface area (Å²) < 4.78 is 16.4. The zero-order valence-electron chi connectivity index (χ0n) is 19.3. The van der Waals surface area contributed by atoms with E-state index in [-0.39, 0.29) is 18.1 Å². The van der Waals surface area contributed by atoms with Gasteiger partial charge in [0, 0.05) is 0 Å². The molecule has 174 valence electrons. The molecule has 7 nitrogen and oxygen atoms in total. The standard InChI is InChI=1S/C27H26N2O5/c1-4-34-21-13-9-8-12-20(21)28-25-24(19-10-6-5-7-11-19)26(30)29(27(25)31)17-18-14-15-22(32-2)23(16-18)33-3/h5-16,28H,4,17H2,1-3H3. The molecule has 3 aromatic rings. The highest BCUT2D eigenvalue weighted by atomic mass is 16.5. The molecule has 1 aliphatic heterocycles. The van der Waals surface area contributed by atoms with Crippen LogP contribution in [0.2, 0.25) is 0 Å². The maximum Gasteiger partial charge on any atom is 0.278 e. The molecule has 0 radical (unpaired) electrons. The number of nitrogens with zero attached hydrogens (tertiary/aromatic N) is 1. The Morgan fingerprint density at radius 3 is 2.21 bits per heavy atom. The predicted molar refractivity (Wildman–Crippen MR) is 130 cm³/mol. The van der Waals surface area contributed by atoms with Gasteiger partial charge in [0.05, 0.1) is 38.6 Å². The maximum atomic E-state index is 13.5. The molecule has 0 aliphatic carbocycles. The Morgan fingerprint density at radius 1 is 0.794 bits per heavy atom. The van der Waals surface area contributed by atoms with Gasteiger partial charge in [-0.15, -0.1) is 0 Å². The van der Waals surface area contributed by atoms with E-state index in [4.69, 9.17) is 14.2 Å². The number of amides is 2. The van der Waals surface area contributed by atoms with E-state index < -0.39 is 5.91 Å². The number of imide groups is 1. The van der Waals surface area contributed by atoms with Gasteiger partial charge in [-0.3, -0.25) is 14.5 Å². The van der Waals surface area contributed by atoms with Gasteiger partial charge in [-0.1, -0.05) is 48.5 Å². The van der Waals surface area contributed by atoms with Crippen LogP contribution in [-0.2, 0) is 16.1 Å². The minimum Gasteiger partial charge on any atom is -0.493 e. The molecule has 0 unspecified atom stereocenters. The predicted octanol–water partition coefficient (Wildman–Crippen LogP) is 4.49. The van der Waals surface area contributed by atoms with E-state index in [0.717, 1.165) is 5.56 Å². The number of rotatable bonds is 9. The van der Waals surface area contributed by atoms with Crippen LogP contribution in [0.5, 0.6) is 17.2 Å². The van der Waals surface area contributed by atoms with Crippen LogP contribution in [0.4, 0.5) is 5.69 Å². The lowest BCUT2D eigenvalue weighted by Gasteiger charge is -2.17.